The number of hydrogen-bond acceptors (Lipinski definition) is 2. The fourth-order valence-electron chi connectivity index (χ4n) is 0.765. The third kappa shape index (κ3) is 1.30. The van der Waals surface area contributed by atoms with Crippen molar-refractivity contribution in [1.29, 1.82) is 5.26 Å². The predicted molar refractivity (Wildman–Crippen MR) is 40.3 cm³/mol. The average Bonchev–Trinajstić information content (AvgIpc) is 1.99. The monoisotopic (exact) mass is 150 g/mol. The molecule has 0 fully saturated rings. The van der Waals surface area contributed by atoms with Crippen molar-refractivity contribution in [1.82, 2.24) is 0 Å². The molecule has 0 aliphatic rings. The smallest absolute Gasteiger partial charge is 0.129 e. The summed E-state index contributed by atoms with van der Waals surface area (Å²) in [5.41, 5.74) is 6.37. The zero-order valence-corrected chi connectivity index (χ0v) is 6.06. The van der Waals surface area contributed by atoms with Gasteiger partial charge in [0.1, 0.15) is 5.82 Å². The van der Waals surface area contributed by atoms with Gasteiger partial charge in [0.25, 0.3) is 0 Å². The van der Waals surface area contributed by atoms with Crippen LogP contribution in [0.5, 0.6) is 0 Å². The van der Waals surface area contributed by atoms with E-state index in [1.165, 1.54) is 12.1 Å². The lowest BCUT2D eigenvalue weighted by Gasteiger charge is -2.00. The molecule has 56 valence electrons. The van der Waals surface area contributed by atoms with E-state index in [0.29, 0.717) is 11.3 Å². The van der Waals surface area contributed by atoms with Gasteiger partial charge >= 0.3 is 0 Å². The van der Waals surface area contributed by atoms with Gasteiger partial charge in [0.05, 0.1) is 11.6 Å². The van der Waals surface area contributed by atoms with Crippen molar-refractivity contribution < 1.29 is 4.39 Å². The zero-order chi connectivity index (χ0) is 8.43. The van der Waals surface area contributed by atoms with Crippen molar-refractivity contribution in [2.45, 2.75) is 6.92 Å². The number of nitrogen functional groups attached to an aromatic ring is 1. The van der Waals surface area contributed by atoms with Crippen molar-refractivity contribution in [3.63, 3.8) is 0 Å². The maximum Gasteiger partial charge on any atom is 0.129 e. The van der Waals surface area contributed by atoms with Crippen LogP contribution in [-0.4, -0.2) is 0 Å². The number of anilines is 1. The Kier molecular flexibility index (Phi) is 1.77. The van der Waals surface area contributed by atoms with E-state index in [1.807, 2.05) is 6.07 Å². The van der Waals surface area contributed by atoms with Gasteiger partial charge in [0.2, 0.25) is 0 Å². The molecule has 0 atom stereocenters. The second-order valence-corrected chi connectivity index (χ2v) is 2.28. The Hall–Kier alpha value is -1.56. The molecule has 0 spiro atoms. The van der Waals surface area contributed by atoms with Gasteiger partial charge in [-0.2, -0.15) is 5.26 Å². The highest BCUT2D eigenvalue weighted by atomic mass is 19.1. The van der Waals surface area contributed by atoms with Crippen LogP contribution < -0.4 is 5.73 Å². The van der Waals surface area contributed by atoms with Crippen molar-refractivity contribution >= 4 is 5.69 Å². The van der Waals surface area contributed by atoms with Crippen LogP contribution in [0.3, 0.4) is 0 Å². The molecule has 0 heterocycles. The van der Waals surface area contributed by atoms with E-state index in [2.05, 4.69) is 0 Å². The second-order valence-electron chi connectivity index (χ2n) is 2.28. The summed E-state index contributed by atoms with van der Waals surface area (Å²) >= 11 is 0. The summed E-state index contributed by atoms with van der Waals surface area (Å²) < 4.78 is 12.8. The Labute approximate surface area is 64.1 Å². The molecule has 0 bridgehead atoms. The van der Waals surface area contributed by atoms with Crippen LogP contribution in [0.2, 0.25) is 0 Å². The van der Waals surface area contributed by atoms with Gasteiger partial charge in [0, 0.05) is 11.3 Å². The molecule has 0 saturated carbocycles. The molecule has 0 amide bonds. The summed E-state index contributed by atoms with van der Waals surface area (Å²) in [5, 5.41) is 8.41. The minimum Gasteiger partial charge on any atom is -0.398 e. The lowest BCUT2D eigenvalue weighted by atomic mass is 10.1. The first-order valence-corrected chi connectivity index (χ1v) is 3.11. The number of rotatable bonds is 0. The van der Waals surface area contributed by atoms with Crippen molar-refractivity contribution in [2.24, 2.45) is 0 Å². The number of hydrogen-bond donors (Lipinski definition) is 1. The molecule has 0 aromatic heterocycles. The first kappa shape index (κ1) is 7.55. The number of nitrogens with two attached hydrogens (primary N) is 1. The Bertz CT molecular complexity index is 302. The van der Waals surface area contributed by atoms with Crippen LogP contribution in [0.4, 0.5) is 10.1 Å². The first-order valence-electron chi connectivity index (χ1n) is 3.11. The molecule has 1 rings (SSSR count). The number of nitrogens with zero attached hydrogens (tertiary/aromatic N) is 1. The Balaban J connectivity index is 3.35. The van der Waals surface area contributed by atoms with Gasteiger partial charge in [-0.3, -0.25) is 0 Å². The summed E-state index contributed by atoms with van der Waals surface area (Å²) in [6, 6.07) is 4.44. The topological polar surface area (TPSA) is 49.8 Å². The largest absolute Gasteiger partial charge is 0.398 e. The standard InChI is InChI=1S/C8H7FN2/c1-5-7(9)2-6(4-10)3-8(5)11/h2-3H,11H2,1H3. The van der Waals surface area contributed by atoms with E-state index in [9.17, 15) is 4.39 Å². The minimum absolute atomic E-state index is 0.255. The average molecular weight is 150 g/mol. The first-order chi connectivity index (χ1) is 5.15. The molecule has 2 N–H and O–H groups in total. The highest BCUT2D eigenvalue weighted by Crippen LogP contribution is 2.16. The molecule has 3 heteroatoms. The van der Waals surface area contributed by atoms with Gasteiger partial charge in [0.15, 0.2) is 0 Å². The molecule has 0 saturated heterocycles. The molecule has 0 unspecified atom stereocenters. The molecule has 0 aliphatic heterocycles. The van der Waals surface area contributed by atoms with Crippen molar-refractivity contribution in [3.8, 4) is 6.07 Å². The maximum absolute atomic E-state index is 12.8. The molecular weight excluding hydrogens is 143 g/mol. The maximum atomic E-state index is 12.8. The van der Waals surface area contributed by atoms with Gasteiger partial charge in [-0.1, -0.05) is 0 Å². The summed E-state index contributed by atoms with van der Waals surface area (Å²) in [6.45, 7) is 1.58. The summed E-state index contributed by atoms with van der Waals surface area (Å²) in [7, 11) is 0. The third-order valence-corrected chi connectivity index (χ3v) is 1.51. The van der Waals surface area contributed by atoms with Crippen molar-refractivity contribution in [3.05, 3.63) is 29.1 Å². The van der Waals surface area contributed by atoms with E-state index in [1.54, 1.807) is 6.92 Å². The Morgan fingerprint density at radius 1 is 1.55 bits per heavy atom. The van der Waals surface area contributed by atoms with Gasteiger partial charge in [-0.15, -0.1) is 0 Å². The van der Waals surface area contributed by atoms with Crippen LogP contribution in [0.25, 0.3) is 0 Å². The SMILES string of the molecule is Cc1c(N)cc(C#N)cc1F. The zero-order valence-electron chi connectivity index (χ0n) is 6.06. The van der Waals surface area contributed by atoms with Gasteiger partial charge in [-0.25, -0.2) is 4.39 Å². The molecule has 0 radical (unpaired) electrons. The van der Waals surface area contributed by atoms with Crippen LogP contribution >= 0.6 is 0 Å². The van der Waals surface area contributed by atoms with E-state index in [0.717, 1.165) is 0 Å². The third-order valence-electron chi connectivity index (χ3n) is 1.51. The van der Waals surface area contributed by atoms with Crippen molar-refractivity contribution in [2.75, 3.05) is 5.73 Å². The molecule has 1 aromatic rings. The number of benzene rings is 1. The van der Waals surface area contributed by atoms with Crippen LogP contribution in [-0.2, 0) is 0 Å². The van der Waals surface area contributed by atoms with E-state index in [4.69, 9.17) is 11.0 Å². The quantitative estimate of drug-likeness (QED) is 0.571. The Morgan fingerprint density at radius 3 is 2.64 bits per heavy atom. The van der Waals surface area contributed by atoms with Crippen LogP contribution in [0, 0.1) is 24.1 Å². The predicted octanol–water partition coefficient (Wildman–Crippen LogP) is 1.59. The van der Waals surface area contributed by atoms with Crippen LogP contribution in [0.1, 0.15) is 11.1 Å². The molecule has 1 aromatic carbocycles. The lowest BCUT2D eigenvalue weighted by Crippen LogP contribution is -1.94. The molecule has 11 heavy (non-hydrogen) atoms. The second kappa shape index (κ2) is 2.59. The molecule has 2 nitrogen and oxygen atoms in total. The van der Waals surface area contributed by atoms with E-state index in [-0.39, 0.29) is 5.56 Å². The van der Waals surface area contributed by atoms with E-state index < -0.39 is 5.82 Å². The highest BCUT2D eigenvalue weighted by molar-refractivity contribution is 5.52. The number of halogens is 1. The summed E-state index contributed by atoms with van der Waals surface area (Å²) in [4.78, 5) is 0. The Morgan fingerprint density at radius 2 is 2.18 bits per heavy atom. The molecule has 0 aliphatic carbocycles. The van der Waals surface area contributed by atoms with Gasteiger partial charge < -0.3 is 5.73 Å². The summed E-state index contributed by atoms with van der Waals surface area (Å²) in [6.07, 6.45) is 0. The number of nitriles is 1. The highest BCUT2D eigenvalue weighted by Gasteiger charge is 2.02. The fourth-order valence-corrected chi connectivity index (χ4v) is 0.765. The normalized spacial score (nSPS) is 9.18. The van der Waals surface area contributed by atoms with E-state index >= 15 is 0 Å². The fraction of sp³-hybridized carbons (Fsp3) is 0.125. The minimum atomic E-state index is -0.429. The summed E-state index contributed by atoms with van der Waals surface area (Å²) in [5.74, 6) is -0.429. The lowest BCUT2D eigenvalue weighted by molar-refractivity contribution is 0.619. The van der Waals surface area contributed by atoms with Gasteiger partial charge in [-0.05, 0) is 19.1 Å². The van der Waals surface area contributed by atoms with Crippen LogP contribution in [0.15, 0.2) is 12.1 Å². The molecular formula is C8H7FN2.